The fourth-order valence-corrected chi connectivity index (χ4v) is 15.3. The second-order valence-electron chi connectivity index (χ2n) is 19.0. The Morgan fingerprint density at radius 1 is 0.694 bits per heavy atom. The Morgan fingerprint density at radius 2 is 1.37 bits per heavy atom. The molecule has 49 heavy (non-hydrogen) atoms. The molecule has 4 nitrogen and oxygen atoms in total. The van der Waals surface area contributed by atoms with E-state index in [2.05, 4.69) is 61.0 Å². The molecule has 0 saturated heterocycles. The van der Waals surface area contributed by atoms with Gasteiger partial charge in [0.15, 0.2) is 5.78 Å². The van der Waals surface area contributed by atoms with E-state index in [1.807, 2.05) is 0 Å². The van der Waals surface area contributed by atoms with Crippen molar-refractivity contribution in [3.63, 3.8) is 0 Å². The maximum absolute atomic E-state index is 15.1. The minimum atomic E-state index is -0.287. The lowest BCUT2D eigenvalue weighted by atomic mass is 9.56. The van der Waals surface area contributed by atoms with Crippen LogP contribution >= 0.6 is 0 Å². The number of ketones is 1. The van der Waals surface area contributed by atoms with Crippen molar-refractivity contribution in [3.05, 3.63) is 87.5 Å². The molecule has 7 unspecified atom stereocenters. The molecule has 15 rings (SSSR count). The summed E-state index contributed by atoms with van der Waals surface area (Å²) in [6.45, 7) is 4.74. The zero-order chi connectivity index (χ0) is 31.9. The Balaban J connectivity index is 1.19. The number of hydrogen-bond acceptors (Lipinski definition) is 3. The van der Waals surface area contributed by atoms with Gasteiger partial charge in [-0.15, -0.1) is 0 Å². The molecule has 6 aromatic rings. The summed E-state index contributed by atoms with van der Waals surface area (Å²) in [5.41, 5.74) is 14.2. The third-order valence-corrected chi connectivity index (χ3v) is 16.8. The molecule has 7 bridgehead atoms. The van der Waals surface area contributed by atoms with Gasteiger partial charge in [-0.1, -0.05) is 38.1 Å². The maximum atomic E-state index is 15.1. The highest BCUT2D eigenvalue weighted by Gasteiger charge is 2.66. The normalized spacial score (nSPS) is 36.7. The highest BCUT2D eigenvalue weighted by atomic mass is 16.1. The molecule has 5 saturated carbocycles. The number of fused-ring (bicyclic) bond motifs is 15. The molecule has 0 aliphatic heterocycles. The van der Waals surface area contributed by atoms with E-state index in [-0.39, 0.29) is 11.2 Å². The van der Waals surface area contributed by atoms with Gasteiger partial charge in [-0.3, -0.25) is 14.8 Å². The summed E-state index contributed by atoms with van der Waals surface area (Å²) in [7, 11) is 0. The first-order valence-electron chi connectivity index (χ1n) is 19.6. The van der Waals surface area contributed by atoms with E-state index < -0.39 is 0 Å². The maximum Gasteiger partial charge on any atom is 0.194 e. The predicted molar refractivity (Wildman–Crippen MR) is 192 cm³/mol. The predicted octanol–water partition coefficient (Wildman–Crippen LogP) is 10.3. The van der Waals surface area contributed by atoms with Crippen LogP contribution in [0.2, 0.25) is 0 Å². The van der Waals surface area contributed by atoms with E-state index >= 15 is 4.79 Å². The monoisotopic (exact) mass is 639 g/mol. The smallest absolute Gasteiger partial charge is 0.194 e. The Morgan fingerprint density at radius 3 is 2.18 bits per heavy atom. The average Bonchev–Trinajstić information content (AvgIpc) is 3.74. The average molecular weight is 640 g/mol. The summed E-state index contributed by atoms with van der Waals surface area (Å²) < 4.78 is 2.56. The fraction of sp³-hybridized carbons (Fsp3) is 0.489. The molecule has 5 fully saturated rings. The van der Waals surface area contributed by atoms with E-state index in [1.165, 1.54) is 130 Å². The van der Waals surface area contributed by atoms with Gasteiger partial charge in [-0.25, -0.2) is 0 Å². The number of rotatable bonds is 0. The van der Waals surface area contributed by atoms with E-state index in [1.54, 1.807) is 5.56 Å². The first-order chi connectivity index (χ1) is 23.9. The molecule has 0 N–H and O–H groups in total. The second-order valence-corrected chi connectivity index (χ2v) is 19.0. The molecular formula is C45H41N3O. The van der Waals surface area contributed by atoms with Gasteiger partial charge >= 0.3 is 0 Å². The highest BCUT2D eigenvalue weighted by Crippen LogP contribution is 2.76. The quantitative estimate of drug-likeness (QED) is 0.166. The largest absolute Gasteiger partial charge is 0.305 e. The zero-order valence-corrected chi connectivity index (χ0v) is 28.5. The van der Waals surface area contributed by atoms with Crippen LogP contribution in [0.3, 0.4) is 0 Å². The lowest BCUT2D eigenvalue weighted by molar-refractivity contribution is 0.00321. The first kappa shape index (κ1) is 26.1. The van der Waals surface area contributed by atoms with Crippen LogP contribution in [0.5, 0.6) is 0 Å². The van der Waals surface area contributed by atoms with Crippen LogP contribution in [0.25, 0.3) is 38.1 Å². The number of carbonyl (C=O) groups excluding carboxylic acids is 1. The van der Waals surface area contributed by atoms with Gasteiger partial charge in [0, 0.05) is 61.3 Å². The minimum Gasteiger partial charge on any atom is -0.305 e. The van der Waals surface area contributed by atoms with Crippen molar-refractivity contribution < 1.29 is 4.79 Å². The highest BCUT2D eigenvalue weighted by molar-refractivity contribution is 6.32. The molecule has 4 heterocycles. The molecule has 9 aliphatic carbocycles. The van der Waals surface area contributed by atoms with Gasteiger partial charge in [0.2, 0.25) is 0 Å². The Labute approximate surface area is 286 Å². The molecule has 2 aromatic carbocycles. The molecule has 242 valence electrons. The SMILES string of the molecule is CC1(C)c2ccccc2C(=O)c2c1cc1c3c4c(ncc3n3c5cnc6c(c5c2c13)C1CC2CC(CC6C2)C1)C1CC2CC3CC4CC23C1. The fourth-order valence-electron chi connectivity index (χ4n) is 15.3. The summed E-state index contributed by atoms with van der Waals surface area (Å²) >= 11 is 0. The number of benzene rings is 2. The van der Waals surface area contributed by atoms with Crippen molar-refractivity contribution in [3.8, 4) is 0 Å². The number of hydrogen-bond donors (Lipinski definition) is 0. The third kappa shape index (κ3) is 2.69. The van der Waals surface area contributed by atoms with Crippen LogP contribution in [0.15, 0.2) is 42.7 Å². The van der Waals surface area contributed by atoms with E-state index in [0.717, 1.165) is 34.8 Å². The summed E-state index contributed by atoms with van der Waals surface area (Å²) in [6, 6.07) is 11.0. The van der Waals surface area contributed by atoms with Crippen molar-refractivity contribution in [1.82, 2.24) is 14.4 Å². The van der Waals surface area contributed by atoms with Crippen molar-refractivity contribution in [2.45, 2.75) is 107 Å². The Bertz CT molecular complexity index is 2580. The summed E-state index contributed by atoms with van der Waals surface area (Å²) in [5, 5.41) is 5.43. The molecular weight excluding hydrogens is 599 g/mol. The number of pyridine rings is 2. The van der Waals surface area contributed by atoms with Gasteiger partial charge < -0.3 is 4.40 Å². The van der Waals surface area contributed by atoms with Crippen LogP contribution in [-0.2, 0) is 5.41 Å². The zero-order valence-electron chi connectivity index (χ0n) is 28.5. The van der Waals surface area contributed by atoms with Gasteiger partial charge in [0.25, 0.3) is 0 Å². The summed E-state index contributed by atoms with van der Waals surface area (Å²) in [5.74, 6) is 6.02. The van der Waals surface area contributed by atoms with Crippen LogP contribution in [0.4, 0.5) is 0 Å². The van der Waals surface area contributed by atoms with Gasteiger partial charge in [0.05, 0.1) is 28.9 Å². The number of nitrogens with zero attached hydrogens (tertiary/aromatic N) is 3. The third-order valence-electron chi connectivity index (χ3n) is 16.8. The van der Waals surface area contributed by atoms with Crippen LogP contribution in [0.1, 0.15) is 151 Å². The van der Waals surface area contributed by atoms with Crippen LogP contribution < -0.4 is 0 Å². The van der Waals surface area contributed by atoms with Gasteiger partial charge in [0.1, 0.15) is 0 Å². The van der Waals surface area contributed by atoms with Crippen molar-refractivity contribution in [2.24, 2.45) is 29.1 Å². The van der Waals surface area contributed by atoms with Gasteiger partial charge in [-0.2, -0.15) is 0 Å². The molecule has 9 aliphatic rings. The van der Waals surface area contributed by atoms with Gasteiger partial charge in [-0.05, 0) is 133 Å². The summed E-state index contributed by atoms with van der Waals surface area (Å²) in [6.07, 6.45) is 17.9. The van der Waals surface area contributed by atoms with Crippen LogP contribution in [0, 0.1) is 29.1 Å². The van der Waals surface area contributed by atoms with Crippen molar-refractivity contribution in [2.75, 3.05) is 0 Å². The van der Waals surface area contributed by atoms with E-state index in [0.29, 0.717) is 29.1 Å². The lowest BCUT2D eigenvalue weighted by Gasteiger charge is -2.48. The van der Waals surface area contributed by atoms with Crippen LogP contribution in [-0.4, -0.2) is 20.2 Å². The van der Waals surface area contributed by atoms with E-state index in [9.17, 15) is 0 Å². The second kappa shape index (κ2) is 7.90. The lowest BCUT2D eigenvalue weighted by Crippen LogP contribution is -2.41. The Kier molecular flexibility index (Phi) is 4.21. The molecule has 0 radical (unpaired) electrons. The molecule has 1 spiro atoms. The minimum absolute atomic E-state index is 0.211. The van der Waals surface area contributed by atoms with Crippen molar-refractivity contribution in [1.29, 1.82) is 0 Å². The first-order valence-corrected chi connectivity index (χ1v) is 19.6. The number of aromatic nitrogens is 3. The Hall–Kier alpha value is -3.79. The summed E-state index contributed by atoms with van der Waals surface area (Å²) in [4.78, 5) is 26.0. The standard InChI is InChI=1S/C45H41N3O/c1-44(2)30-6-4-3-5-28(30)43(49)37-31(44)15-29-36-32(18-47-41-25-13-27-14-26-12-24(35(36)41)16-45(26,27)17-25)48-33-19-46-40-23-10-20-7-21(11-23)9-22(8-20)34(40)38(33)39(37)42(29)48/h3-6,15,18-27H,7-14,16-17H2,1-2H3. The molecule has 7 atom stereocenters. The molecule has 4 aromatic heterocycles. The van der Waals surface area contributed by atoms with Crippen molar-refractivity contribution >= 4 is 43.9 Å². The number of carbonyl (C=O) groups is 1. The molecule has 0 amide bonds. The van der Waals surface area contributed by atoms with E-state index in [4.69, 9.17) is 9.97 Å². The topological polar surface area (TPSA) is 47.3 Å². The molecule has 4 heteroatoms.